The predicted molar refractivity (Wildman–Crippen MR) is 112 cm³/mol. The van der Waals surface area contributed by atoms with Crippen molar-refractivity contribution in [3.05, 3.63) is 69.6 Å². The molecule has 3 rings (SSSR count). The van der Waals surface area contributed by atoms with Gasteiger partial charge in [0.15, 0.2) is 0 Å². The zero-order valence-electron chi connectivity index (χ0n) is 15.5. The number of carbonyl (C=O) groups is 2. The first-order chi connectivity index (χ1) is 13.4. The van der Waals surface area contributed by atoms with E-state index in [1.165, 1.54) is 25.6 Å². The lowest BCUT2D eigenvalue weighted by molar-refractivity contribution is 0.0603. The summed E-state index contributed by atoms with van der Waals surface area (Å²) in [5, 5.41) is 3.81. The van der Waals surface area contributed by atoms with Crippen molar-refractivity contribution < 1.29 is 19.1 Å². The summed E-state index contributed by atoms with van der Waals surface area (Å²) in [6, 6.07) is 14.0. The van der Waals surface area contributed by atoms with E-state index in [0.29, 0.717) is 32.5 Å². The third kappa shape index (κ3) is 4.03. The van der Waals surface area contributed by atoms with Gasteiger partial charge >= 0.3 is 5.97 Å². The topological polar surface area (TPSA) is 64.6 Å². The molecule has 28 heavy (non-hydrogen) atoms. The standard InChI is InChI=1S/C21H18ClNO4S/c1-12-17(13-6-4-8-15(22)10-13)18(21(25)27-3)20(28-12)23-19(24)14-7-5-9-16(11-14)26-2/h4-11H,1-3H3,(H,23,24). The van der Waals surface area contributed by atoms with E-state index >= 15 is 0 Å². The molecule has 7 heteroatoms. The molecule has 0 unspecified atom stereocenters. The maximum atomic E-state index is 12.7. The number of ether oxygens (including phenoxy) is 2. The van der Waals surface area contributed by atoms with E-state index in [1.54, 1.807) is 36.4 Å². The van der Waals surface area contributed by atoms with E-state index in [9.17, 15) is 9.59 Å². The maximum absolute atomic E-state index is 12.7. The first-order valence-corrected chi connectivity index (χ1v) is 9.57. The van der Waals surface area contributed by atoms with Crippen molar-refractivity contribution in [1.82, 2.24) is 0 Å². The summed E-state index contributed by atoms with van der Waals surface area (Å²) in [7, 11) is 2.84. The van der Waals surface area contributed by atoms with Gasteiger partial charge in [0.05, 0.1) is 14.2 Å². The van der Waals surface area contributed by atoms with Crippen LogP contribution in [0.4, 0.5) is 5.00 Å². The van der Waals surface area contributed by atoms with Crippen molar-refractivity contribution in [2.75, 3.05) is 19.5 Å². The number of nitrogens with one attached hydrogen (secondary N) is 1. The van der Waals surface area contributed by atoms with E-state index in [-0.39, 0.29) is 5.91 Å². The number of thiophene rings is 1. The second kappa shape index (κ2) is 8.46. The fraction of sp³-hybridized carbons (Fsp3) is 0.143. The van der Waals surface area contributed by atoms with E-state index in [1.807, 2.05) is 19.1 Å². The number of rotatable bonds is 5. The number of hydrogen-bond donors (Lipinski definition) is 1. The molecule has 1 heterocycles. The average Bonchev–Trinajstić information content (AvgIpc) is 3.03. The second-order valence-corrected chi connectivity index (χ2v) is 7.59. The molecule has 0 radical (unpaired) electrons. The molecule has 0 aliphatic rings. The van der Waals surface area contributed by atoms with Crippen LogP contribution in [0.15, 0.2) is 48.5 Å². The van der Waals surface area contributed by atoms with Crippen molar-refractivity contribution in [1.29, 1.82) is 0 Å². The summed E-state index contributed by atoms with van der Waals surface area (Å²) in [4.78, 5) is 26.1. The van der Waals surface area contributed by atoms with Crippen LogP contribution in [0.5, 0.6) is 5.75 Å². The van der Waals surface area contributed by atoms with Gasteiger partial charge in [0, 0.05) is 21.0 Å². The summed E-state index contributed by atoms with van der Waals surface area (Å²) >= 11 is 7.43. The van der Waals surface area contributed by atoms with Gasteiger partial charge in [-0.05, 0) is 42.8 Å². The molecule has 0 spiro atoms. The molecule has 0 aliphatic heterocycles. The molecule has 5 nitrogen and oxygen atoms in total. The highest BCUT2D eigenvalue weighted by molar-refractivity contribution is 7.17. The zero-order chi connectivity index (χ0) is 20.3. The molecule has 0 bridgehead atoms. The molecule has 0 fully saturated rings. The highest BCUT2D eigenvalue weighted by Crippen LogP contribution is 2.41. The molecule has 1 aromatic heterocycles. The Hall–Kier alpha value is -2.83. The molecular formula is C21H18ClNO4S. The van der Waals surface area contributed by atoms with Crippen molar-refractivity contribution in [2.24, 2.45) is 0 Å². The Morgan fingerprint density at radius 3 is 2.50 bits per heavy atom. The average molecular weight is 416 g/mol. The highest BCUT2D eigenvalue weighted by Gasteiger charge is 2.25. The van der Waals surface area contributed by atoms with Gasteiger partial charge in [-0.25, -0.2) is 4.79 Å². The van der Waals surface area contributed by atoms with Gasteiger partial charge in [-0.15, -0.1) is 11.3 Å². The number of esters is 1. The van der Waals surface area contributed by atoms with Crippen LogP contribution in [-0.4, -0.2) is 26.1 Å². The minimum absolute atomic E-state index is 0.309. The predicted octanol–water partition coefficient (Wildman–Crippen LogP) is 5.42. The van der Waals surface area contributed by atoms with Crippen LogP contribution in [0.2, 0.25) is 5.02 Å². The highest BCUT2D eigenvalue weighted by atomic mass is 35.5. The number of anilines is 1. The van der Waals surface area contributed by atoms with Crippen LogP contribution < -0.4 is 10.1 Å². The first-order valence-electron chi connectivity index (χ1n) is 8.37. The van der Waals surface area contributed by atoms with Crippen molar-refractivity contribution in [3.8, 4) is 16.9 Å². The molecular weight excluding hydrogens is 398 g/mol. The number of hydrogen-bond acceptors (Lipinski definition) is 5. The van der Waals surface area contributed by atoms with E-state index in [4.69, 9.17) is 21.1 Å². The van der Waals surface area contributed by atoms with Crippen molar-refractivity contribution in [2.45, 2.75) is 6.92 Å². The van der Waals surface area contributed by atoms with Crippen LogP contribution in [0.1, 0.15) is 25.6 Å². The summed E-state index contributed by atoms with van der Waals surface area (Å²) in [5.41, 5.74) is 2.21. The number of carbonyl (C=O) groups excluding carboxylic acids is 2. The summed E-state index contributed by atoms with van der Waals surface area (Å²) in [6.07, 6.45) is 0. The quantitative estimate of drug-likeness (QED) is 0.565. The minimum Gasteiger partial charge on any atom is -0.497 e. The second-order valence-electron chi connectivity index (χ2n) is 5.93. The van der Waals surface area contributed by atoms with E-state index in [2.05, 4.69) is 5.32 Å². The number of halogens is 1. The first kappa shape index (κ1) is 19.9. The summed E-state index contributed by atoms with van der Waals surface area (Å²) in [6.45, 7) is 1.88. The molecule has 1 amide bonds. The van der Waals surface area contributed by atoms with Crippen LogP contribution in [-0.2, 0) is 4.74 Å². The lowest BCUT2D eigenvalue weighted by Gasteiger charge is -2.09. The van der Waals surface area contributed by atoms with Crippen LogP contribution in [0.3, 0.4) is 0 Å². The van der Waals surface area contributed by atoms with Gasteiger partial charge < -0.3 is 14.8 Å². The molecule has 2 aromatic carbocycles. The van der Waals surface area contributed by atoms with E-state index in [0.717, 1.165) is 10.4 Å². The monoisotopic (exact) mass is 415 g/mol. The van der Waals surface area contributed by atoms with Gasteiger partial charge in [0.1, 0.15) is 16.3 Å². The van der Waals surface area contributed by atoms with Crippen LogP contribution >= 0.6 is 22.9 Å². The van der Waals surface area contributed by atoms with Gasteiger partial charge in [-0.3, -0.25) is 4.79 Å². The van der Waals surface area contributed by atoms with Crippen LogP contribution in [0, 0.1) is 6.92 Å². The van der Waals surface area contributed by atoms with Gasteiger partial charge in [0.25, 0.3) is 5.91 Å². The largest absolute Gasteiger partial charge is 0.497 e. The Morgan fingerprint density at radius 1 is 1.07 bits per heavy atom. The SMILES string of the molecule is COC(=O)c1c(NC(=O)c2cccc(OC)c2)sc(C)c1-c1cccc(Cl)c1. The molecule has 3 aromatic rings. The third-order valence-corrected chi connectivity index (χ3v) is 5.40. The molecule has 0 atom stereocenters. The fourth-order valence-electron chi connectivity index (χ4n) is 2.86. The number of amides is 1. The third-order valence-electron chi connectivity index (χ3n) is 4.15. The van der Waals surface area contributed by atoms with Crippen molar-refractivity contribution >= 4 is 39.8 Å². The summed E-state index contributed by atoms with van der Waals surface area (Å²) in [5.74, 6) is -0.300. The molecule has 0 aliphatic carbocycles. The minimum atomic E-state index is -0.528. The van der Waals surface area contributed by atoms with Gasteiger partial charge in [-0.1, -0.05) is 29.8 Å². The lowest BCUT2D eigenvalue weighted by atomic mass is 10.0. The van der Waals surface area contributed by atoms with Crippen molar-refractivity contribution in [3.63, 3.8) is 0 Å². The Balaban J connectivity index is 2.05. The number of benzene rings is 2. The van der Waals surface area contributed by atoms with Gasteiger partial charge in [0.2, 0.25) is 0 Å². The molecule has 1 N–H and O–H groups in total. The smallest absolute Gasteiger partial charge is 0.341 e. The lowest BCUT2D eigenvalue weighted by Crippen LogP contribution is -2.14. The Kier molecular flexibility index (Phi) is 6.02. The maximum Gasteiger partial charge on any atom is 0.341 e. The fourth-order valence-corrected chi connectivity index (χ4v) is 4.11. The zero-order valence-corrected chi connectivity index (χ0v) is 17.1. The normalized spacial score (nSPS) is 10.4. The molecule has 0 saturated carbocycles. The number of methoxy groups -OCH3 is 2. The van der Waals surface area contributed by atoms with Gasteiger partial charge in [-0.2, -0.15) is 0 Å². The Bertz CT molecular complexity index is 1040. The molecule has 144 valence electrons. The van der Waals surface area contributed by atoms with E-state index < -0.39 is 5.97 Å². The number of aryl methyl sites for hydroxylation is 1. The Labute approximate surface area is 171 Å². The molecule has 0 saturated heterocycles. The summed E-state index contributed by atoms with van der Waals surface area (Å²) < 4.78 is 10.1. The van der Waals surface area contributed by atoms with Crippen LogP contribution in [0.25, 0.3) is 11.1 Å². The Morgan fingerprint density at radius 2 is 1.82 bits per heavy atom.